The SMILES string of the molecule is CC1(n2cc(-c3cccc(Br)c3)cn2)CCS(=O)(=O)C1. The molecule has 2 aromatic rings. The molecule has 0 N–H and O–H groups in total. The molecular formula is C14H15BrN2O2S. The Morgan fingerprint density at radius 2 is 2.15 bits per heavy atom. The zero-order chi connectivity index (χ0) is 14.4. The molecule has 106 valence electrons. The third kappa shape index (κ3) is 2.54. The maximum Gasteiger partial charge on any atom is 0.152 e. The molecule has 1 aromatic carbocycles. The molecule has 6 heteroatoms. The van der Waals surface area contributed by atoms with Crippen LogP contribution in [0.1, 0.15) is 13.3 Å². The standard InChI is InChI=1S/C14H15BrN2O2S/c1-14(5-6-20(18,19)10-14)17-9-12(8-16-17)11-3-2-4-13(15)7-11/h2-4,7-9H,5-6,10H2,1H3. The molecule has 4 nitrogen and oxygen atoms in total. The fourth-order valence-electron chi connectivity index (χ4n) is 2.61. The molecule has 20 heavy (non-hydrogen) atoms. The smallest absolute Gasteiger partial charge is 0.152 e. The number of hydrogen-bond acceptors (Lipinski definition) is 3. The van der Waals surface area contributed by atoms with Crippen molar-refractivity contribution in [2.24, 2.45) is 0 Å². The second-order valence-electron chi connectivity index (χ2n) is 5.52. The third-order valence-corrected chi connectivity index (χ3v) is 6.16. The fraction of sp³-hybridized carbons (Fsp3) is 0.357. The van der Waals surface area contributed by atoms with Gasteiger partial charge in [-0.25, -0.2) is 8.42 Å². The molecule has 0 spiro atoms. The monoisotopic (exact) mass is 354 g/mol. The predicted molar refractivity (Wildman–Crippen MR) is 82.3 cm³/mol. The first-order valence-corrected chi connectivity index (χ1v) is 9.01. The van der Waals surface area contributed by atoms with E-state index in [1.807, 2.05) is 37.4 Å². The summed E-state index contributed by atoms with van der Waals surface area (Å²) in [6.07, 6.45) is 4.34. The van der Waals surface area contributed by atoms with Crippen LogP contribution in [0.2, 0.25) is 0 Å². The Hall–Kier alpha value is -1.14. The Bertz CT molecular complexity index is 754. The van der Waals surface area contributed by atoms with Crippen molar-refractivity contribution in [3.8, 4) is 11.1 Å². The minimum atomic E-state index is -2.93. The second-order valence-corrected chi connectivity index (χ2v) is 8.62. The molecule has 0 amide bonds. The molecule has 0 bridgehead atoms. The molecule has 1 saturated heterocycles. The molecule has 1 fully saturated rings. The lowest BCUT2D eigenvalue weighted by Gasteiger charge is -2.22. The Labute approximate surface area is 126 Å². The summed E-state index contributed by atoms with van der Waals surface area (Å²) in [5.74, 6) is 0.412. The first-order valence-electron chi connectivity index (χ1n) is 6.40. The second kappa shape index (κ2) is 4.70. The number of nitrogens with zero attached hydrogens (tertiary/aromatic N) is 2. The highest BCUT2D eigenvalue weighted by atomic mass is 79.9. The van der Waals surface area contributed by atoms with Crippen LogP contribution in [0.15, 0.2) is 41.1 Å². The van der Waals surface area contributed by atoms with Gasteiger partial charge in [0.05, 0.1) is 23.2 Å². The Morgan fingerprint density at radius 3 is 2.80 bits per heavy atom. The van der Waals surface area contributed by atoms with Crippen molar-refractivity contribution in [1.82, 2.24) is 9.78 Å². The van der Waals surface area contributed by atoms with E-state index in [2.05, 4.69) is 21.0 Å². The summed E-state index contributed by atoms with van der Waals surface area (Å²) in [6, 6.07) is 7.98. The van der Waals surface area contributed by atoms with Gasteiger partial charge in [-0.05, 0) is 31.0 Å². The van der Waals surface area contributed by atoms with Gasteiger partial charge < -0.3 is 0 Å². The zero-order valence-corrected chi connectivity index (χ0v) is 13.5. The summed E-state index contributed by atoms with van der Waals surface area (Å²) < 4.78 is 26.2. The quantitative estimate of drug-likeness (QED) is 0.833. The minimum absolute atomic E-state index is 0.166. The molecule has 3 rings (SSSR count). The van der Waals surface area contributed by atoms with Crippen LogP contribution in [-0.4, -0.2) is 29.7 Å². The summed E-state index contributed by atoms with van der Waals surface area (Å²) >= 11 is 3.45. The fourth-order valence-corrected chi connectivity index (χ4v) is 5.13. The first kappa shape index (κ1) is 13.8. The lowest BCUT2D eigenvalue weighted by atomic mass is 10.0. The van der Waals surface area contributed by atoms with Crippen LogP contribution in [0, 0.1) is 0 Å². The molecule has 0 saturated carbocycles. The van der Waals surface area contributed by atoms with Crippen LogP contribution in [0.3, 0.4) is 0 Å². The van der Waals surface area contributed by atoms with Crippen LogP contribution in [0.4, 0.5) is 0 Å². The van der Waals surface area contributed by atoms with Gasteiger partial charge in [-0.3, -0.25) is 4.68 Å². The summed E-state index contributed by atoms with van der Waals surface area (Å²) in [5, 5.41) is 4.38. The van der Waals surface area contributed by atoms with E-state index < -0.39 is 15.4 Å². The Balaban J connectivity index is 1.95. The van der Waals surface area contributed by atoms with Crippen molar-refractivity contribution in [1.29, 1.82) is 0 Å². The lowest BCUT2D eigenvalue weighted by molar-refractivity contribution is 0.328. The average molecular weight is 355 g/mol. The van der Waals surface area contributed by atoms with E-state index in [1.165, 1.54) is 0 Å². The van der Waals surface area contributed by atoms with E-state index in [0.29, 0.717) is 6.42 Å². The van der Waals surface area contributed by atoms with Crippen LogP contribution in [-0.2, 0) is 15.4 Å². The van der Waals surface area contributed by atoms with Crippen molar-refractivity contribution in [3.63, 3.8) is 0 Å². The maximum absolute atomic E-state index is 11.7. The summed E-state index contributed by atoms with van der Waals surface area (Å²) in [7, 11) is -2.93. The minimum Gasteiger partial charge on any atom is -0.265 e. The van der Waals surface area contributed by atoms with E-state index in [0.717, 1.165) is 15.6 Å². The van der Waals surface area contributed by atoms with Crippen molar-refractivity contribution in [2.45, 2.75) is 18.9 Å². The molecule has 1 unspecified atom stereocenters. The first-order chi connectivity index (χ1) is 9.38. The van der Waals surface area contributed by atoms with Gasteiger partial charge in [0.15, 0.2) is 9.84 Å². The summed E-state index contributed by atoms with van der Waals surface area (Å²) in [4.78, 5) is 0. The van der Waals surface area contributed by atoms with E-state index in [1.54, 1.807) is 10.9 Å². The molecule has 0 radical (unpaired) electrons. The third-order valence-electron chi connectivity index (χ3n) is 3.78. The van der Waals surface area contributed by atoms with Crippen molar-refractivity contribution in [2.75, 3.05) is 11.5 Å². The van der Waals surface area contributed by atoms with Gasteiger partial charge in [0, 0.05) is 16.2 Å². The lowest BCUT2D eigenvalue weighted by Crippen LogP contribution is -2.31. The van der Waals surface area contributed by atoms with Gasteiger partial charge in [-0.2, -0.15) is 5.10 Å². The van der Waals surface area contributed by atoms with Gasteiger partial charge in [-0.15, -0.1) is 0 Å². The van der Waals surface area contributed by atoms with E-state index >= 15 is 0 Å². The number of halogens is 1. The van der Waals surface area contributed by atoms with Gasteiger partial charge in [0.2, 0.25) is 0 Å². The van der Waals surface area contributed by atoms with Crippen LogP contribution in [0.5, 0.6) is 0 Å². The molecule has 0 aliphatic carbocycles. The molecule has 1 aliphatic heterocycles. The highest BCUT2D eigenvalue weighted by Gasteiger charge is 2.40. The Kier molecular flexibility index (Phi) is 3.25. The zero-order valence-electron chi connectivity index (χ0n) is 11.1. The topological polar surface area (TPSA) is 52.0 Å². The van der Waals surface area contributed by atoms with Gasteiger partial charge in [0.1, 0.15) is 0 Å². The number of benzene rings is 1. The van der Waals surface area contributed by atoms with Gasteiger partial charge in [0.25, 0.3) is 0 Å². The Morgan fingerprint density at radius 1 is 1.35 bits per heavy atom. The van der Waals surface area contributed by atoms with Gasteiger partial charge in [-0.1, -0.05) is 28.1 Å². The van der Waals surface area contributed by atoms with Crippen LogP contribution in [0.25, 0.3) is 11.1 Å². The van der Waals surface area contributed by atoms with Crippen molar-refractivity contribution < 1.29 is 8.42 Å². The molecule has 1 atom stereocenters. The van der Waals surface area contributed by atoms with Gasteiger partial charge >= 0.3 is 0 Å². The normalized spacial score (nSPS) is 24.9. The average Bonchev–Trinajstić information content (AvgIpc) is 2.95. The van der Waals surface area contributed by atoms with E-state index in [9.17, 15) is 8.42 Å². The predicted octanol–water partition coefficient (Wildman–Crippen LogP) is 2.85. The highest BCUT2D eigenvalue weighted by Crippen LogP contribution is 2.32. The maximum atomic E-state index is 11.7. The van der Waals surface area contributed by atoms with Crippen molar-refractivity contribution >= 4 is 25.8 Å². The number of aromatic nitrogens is 2. The summed E-state index contributed by atoms with van der Waals surface area (Å²) in [5.41, 5.74) is 1.63. The highest BCUT2D eigenvalue weighted by molar-refractivity contribution is 9.10. The van der Waals surface area contributed by atoms with E-state index in [4.69, 9.17) is 0 Å². The molecule has 1 aliphatic rings. The number of sulfone groups is 1. The number of rotatable bonds is 2. The van der Waals surface area contributed by atoms with Crippen molar-refractivity contribution in [3.05, 3.63) is 41.1 Å². The molecule has 2 heterocycles. The molecule has 1 aromatic heterocycles. The van der Waals surface area contributed by atoms with Crippen LogP contribution < -0.4 is 0 Å². The molecular weight excluding hydrogens is 340 g/mol. The van der Waals surface area contributed by atoms with Crippen LogP contribution >= 0.6 is 15.9 Å². The number of hydrogen-bond donors (Lipinski definition) is 0. The van der Waals surface area contributed by atoms with E-state index in [-0.39, 0.29) is 11.5 Å². The largest absolute Gasteiger partial charge is 0.265 e. The summed E-state index contributed by atoms with van der Waals surface area (Å²) in [6.45, 7) is 1.95.